The van der Waals surface area contributed by atoms with E-state index in [1.54, 1.807) is 7.11 Å². The van der Waals surface area contributed by atoms with Gasteiger partial charge in [-0.15, -0.1) is 6.42 Å². The van der Waals surface area contributed by atoms with Crippen LogP contribution in [0.2, 0.25) is 0 Å². The van der Waals surface area contributed by atoms with E-state index < -0.39 is 0 Å². The first-order valence-electron chi connectivity index (χ1n) is 5.16. The number of thiocarbonyl (C=S) groups is 1. The second kappa shape index (κ2) is 7.49. The number of hydrogen-bond donors (Lipinski definition) is 2. The Morgan fingerprint density at radius 2 is 2.07 bits per heavy atom. The van der Waals surface area contributed by atoms with E-state index >= 15 is 0 Å². The van der Waals surface area contributed by atoms with Crippen molar-refractivity contribution in [1.82, 2.24) is 10.6 Å². The van der Waals surface area contributed by atoms with Crippen molar-refractivity contribution in [3.63, 3.8) is 0 Å². The predicted octanol–water partition coefficient (Wildman–Crippen LogP) is 1.29. The Morgan fingerprint density at radius 3 is 2.47 bits per heavy atom. The fourth-order valence-electron chi connectivity index (χ4n) is 1.20. The number of ether oxygens (including phenoxy) is 1. The summed E-state index contributed by atoms with van der Waals surface area (Å²) in [5.74, 6) is 2.77. The van der Waals surface area contributed by atoms with Crippen molar-refractivity contribution in [2.24, 2.45) is 0 Å². The number of methoxy groups -OCH3 is 1. The molecule has 15 heavy (non-hydrogen) atoms. The number of nitrogens with one attached hydrogen (secondary N) is 2. The maximum Gasteiger partial charge on any atom is 0.167 e. The van der Waals surface area contributed by atoms with Gasteiger partial charge in [-0.05, 0) is 25.1 Å². The zero-order valence-electron chi connectivity index (χ0n) is 9.72. The number of rotatable bonds is 6. The first-order valence-corrected chi connectivity index (χ1v) is 5.57. The van der Waals surface area contributed by atoms with Crippen LogP contribution in [-0.2, 0) is 4.74 Å². The van der Waals surface area contributed by atoms with Gasteiger partial charge in [-0.3, -0.25) is 0 Å². The molecule has 0 heterocycles. The SMILES string of the molecule is C#CC(CC)(CC)NC(=S)NCCOC. The van der Waals surface area contributed by atoms with Gasteiger partial charge in [0.1, 0.15) is 0 Å². The Bertz CT molecular complexity index is 231. The molecule has 3 nitrogen and oxygen atoms in total. The molecule has 0 rings (SSSR count). The molecule has 0 aromatic rings. The lowest BCUT2D eigenvalue weighted by Crippen LogP contribution is -2.51. The summed E-state index contributed by atoms with van der Waals surface area (Å²) in [6, 6.07) is 0. The molecule has 0 unspecified atom stereocenters. The summed E-state index contributed by atoms with van der Waals surface area (Å²) in [7, 11) is 1.65. The van der Waals surface area contributed by atoms with Gasteiger partial charge in [0.15, 0.2) is 5.11 Å². The first-order chi connectivity index (χ1) is 7.14. The first kappa shape index (κ1) is 14.2. The van der Waals surface area contributed by atoms with Crippen molar-refractivity contribution < 1.29 is 4.74 Å². The lowest BCUT2D eigenvalue weighted by atomic mass is 9.94. The molecule has 86 valence electrons. The molecule has 0 fully saturated rings. The topological polar surface area (TPSA) is 33.3 Å². The average Bonchev–Trinajstić information content (AvgIpc) is 2.26. The maximum absolute atomic E-state index is 5.51. The summed E-state index contributed by atoms with van der Waals surface area (Å²) in [5.41, 5.74) is -0.322. The van der Waals surface area contributed by atoms with Crippen molar-refractivity contribution >= 4 is 17.3 Å². The third kappa shape index (κ3) is 5.01. The third-order valence-corrected chi connectivity index (χ3v) is 2.67. The average molecular weight is 228 g/mol. The van der Waals surface area contributed by atoms with Gasteiger partial charge in [-0.2, -0.15) is 0 Å². The molecular formula is C11H20N2OS. The summed E-state index contributed by atoms with van der Waals surface area (Å²) in [5, 5.41) is 6.80. The minimum atomic E-state index is -0.322. The molecule has 0 amide bonds. The molecule has 0 aromatic heterocycles. The van der Waals surface area contributed by atoms with Crippen LogP contribution in [0.25, 0.3) is 0 Å². The van der Waals surface area contributed by atoms with Crippen LogP contribution in [0.4, 0.5) is 0 Å². The van der Waals surface area contributed by atoms with Crippen LogP contribution in [0.3, 0.4) is 0 Å². The van der Waals surface area contributed by atoms with E-state index in [-0.39, 0.29) is 5.54 Å². The van der Waals surface area contributed by atoms with Crippen molar-refractivity contribution in [3.05, 3.63) is 0 Å². The quantitative estimate of drug-likeness (QED) is 0.408. The molecule has 4 heteroatoms. The Morgan fingerprint density at radius 1 is 1.47 bits per heavy atom. The highest BCUT2D eigenvalue weighted by molar-refractivity contribution is 7.80. The van der Waals surface area contributed by atoms with Crippen molar-refractivity contribution in [2.45, 2.75) is 32.2 Å². The minimum Gasteiger partial charge on any atom is -0.383 e. The van der Waals surface area contributed by atoms with Crippen LogP contribution in [0.15, 0.2) is 0 Å². The van der Waals surface area contributed by atoms with Gasteiger partial charge in [-0.1, -0.05) is 19.8 Å². The van der Waals surface area contributed by atoms with Gasteiger partial charge in [0.25, 0.3) is 0 Å². The van der Waals surface area contributed by atoms with E-state index in [1.807, 2.05) is 13.8 Å². The number of terminal acetylenes is 1. The molecule has 0 radical (unpaired) electrons. The normalized spacial score (nSPS) is 10.5. The highest BCUT2D eigenvalue weighted by Gasteiger charge is 2.23. The molecule has 0 aliphatic heterocycles. The minimum absolute atomic E-state index is 0.322. The van der Waals surface area contributed by atoms with Crippen LogP contribution >= 0.6 is 12.2 Å². The third-order valence-electron chi connectivity index (χ3n) is 2.43. The van der Waals surface area contributed by atoms with Crippen LogP contribution < -0.4 is 10.6 Å². The van der Waals surface area contributed by atoms with Gasteiger partial charge in [0.05, 0.1) is 12.1 Å². The zero-order chi connectivity index (χ0) is 11.7. The van der Waals surface area contributed by atoms with E-state index in [1.165, 1.54) is 0 Å². The fourth-order valence-corrected chi connectivity index (χ4v) is 1.49. The Hall–Kier alpha value is -0.790. The zero-order valence-corrected chi connectivity index (χ0v) is 10.5. The molecule has 2 N–H and O–H groups in total. The summed E-state index contributed by atoms with van der Waals surface area (Å²) in [6.07, 6.45) is 7.21. The van der Waals surface area contributed by atoms with E-state index in [2.05, 4.69) is 16.6 Å². The second-order valence-corrected chi connectivity index (χ2v) is 3.72. The summed E-state index contributed by atoms with van der Waals surface area (Å²) in [6.45, 7) is 5.42. The van der Waals surface area contributed by atoms with E-state index in [9.17, 15) is 0 Å². The molecule has 0 aliphatic carbocycles. The van der Waals surface area contributed by atoms with Gasteiger partial charge < -0.3 is 15.4 Å². The van der Waals surface area contributed by atoms with Gasteiger partial charge in [0, 0.05) is 13.7 Å². The molecule has 0 saturated heterocycles. The molecular weight excluding hydrogens is 208 g/mol. The van der Waals surface area contributed by atoms with Crippen molar-refractivity contribution in [1.29, 1.82) is 0 Å². The molecule has 0 atom stereocenters. The van der Waals surface area contributed by atoms with Crippen LogP contribution in [-0.4, -0.2) is 30.9 Å². The summed E-state index contributed by atoms with van der Waals surface area (Å²) >= 11 is 5.14. The number of hydrogen-bond acceptors (Lipinski definition) is 2. The fraction of sp³-hybridized carbons (Fsp3) is 0.727. The lowest BCUT2D eigenvalue weighted by Gasteiger charge is -2.28. The Labute approximate surface area is 98.0 Å². The second-order valence-electron chi connectivity index (χ2n) is 3.31. The standard InChI is InChI=1S/C11H20N2OS/c1-5-11(6-2,7-3)13-10(15)12-8-9-14-4/h1H,6-9H2,2-4H3,(H2,12,13,15). The van der Waals surface area contributed by atoms with Crippen LogP contribution in [0, 0.1) is 12.3 Å². The highest BCUT2D eigenvalue weighted by Crippen LogP contribution is 2.12. The molecule has 0 aromatic carbocycles. The van der Waals surface area contributed by atoms with Gasteiger partial charge in [0.2, 0.25) is 0 Å². The van der Waals surface area contributed by atoms with E-state index in [0.717, 1.165) is 12.8 Å². The van der Waals surface area contributed by atoms with Crippen molar-refractivity contribution in [2.75, 3.05) is 20.3 Å². The lowest BCUT2D eigenvalue weighted by molar-refractivity contribution is 0.203. The Balaban J connectivity index is 4.08. The molecule has 0 saturated carbocycles. The predicted molar refractivity (Wildman–Crippen MR) is 67.8 cm³/mol. The smallest absolute Gasteiger partial charge is 0.167 e. The van der Waals surface area contributed by atoms with Crippen molar-refractivity contribution in [3.8, 4) is 12.3 Å². The largest absolute Gasteiger partial charge is 0.383 e. The molecule has 0 spiro atoms. The maximum atomic E-state index is 5.51. The van der Waals surface area contributed by atoms with E-state index in [4.69, 9.17) is 23.4 Å². The molecule has 0 aliphatic rings. The highest BCUT2D eigenvalue weighted by atomic mass is 32.1. The van der Waals surface area contributed by atoms with E-state index in [0.29, 0.717) is 18.3 Å². The van der Waals surface area contributed by atoms with Gasteiger partial charge in [-0.25, -0.2) is 0 Å². The summed E-state index contributed by atoms with van der Waals surface area (Å²) in [4.78, 5) is 0. The van der Waals surface area contributed by atoms with Gasteiger partial charge >= 0.3 is 0 Å². The monoisotopic (exact) mass is 228 g/mol. The van der Waals surface area contributed by atoms with Crippen LogP contribution in [0.1, 0.15) is 26.7 Å². The summed E-state index contributed by atoms with van der Waals surface area (Å²) < 4.78 is 4.91. The van der Waals surface area contributed by atoms with Crippen LogP contribution in [0.5, 0.6) is 0 Å². The molecule has 0 bridgehead atoms. The Kier molecular flexibility index (Phi) is 7.10.